The minimum absolute atomic E-state index is 0.0564. The van der Waals surface area contributed by atoms with Crippen LogP contribution in [0.5, 0.6) is 5.75 Å². The molecule has 1 N–H and O–H groups in total. The Labute approximate surface area is 129 Å². The molecule has 1 aliphatic heterocycles. The van der Waals surface area contributed by atoms with Gasteiger partial charge in [-0.2, -0.15) is 0 Å². The standard InChI is InChI=1S/C16H10FNO3S/c17-12-3-1-2-4-13(12)18-15(20)14(22-16(18)21)9-10-5-7-11(19)8-6-10/h1-9,19H/b14-9-. The highest BCUT2D eigenvalue weighted by Gasteiger charge is 2.37. The molecule has 0 unspecified atom stereocenters. The van der Waals surface area contributed by atoms with E-state index in [1.807, 2.05) is 0 Å². The zero-order valence-corrected chi connectivity index (χ0v) is 12.0. The fourth-order valence-corrected chi connectivity index (χ4v) is 2.86. The molecule has 0 atom stereocenters. The van der Waals surface area contributed by atoms with Crippen LogP contribution in [0, 0.1) is 5.82 Å². The van der Waals surface area contributed by atoms with Gasteiger partial charge in [-0.15, -0.1) is 0 Å². The number of carbonyl (C=O) groups is 2. The smallest absolute Gasteiger partial charge is 0.298 e. The van der Waals surface area contributed by atoms with Crippen LogP contribution in [0.4, 0.5) is 14.9 Å². The van der Waals surface area contributed by atoms with Crippen LogP contribution in [0.3, 0.4) is 0 Å². The van der Waals surface area contributed by atoms with Gasteiger partial charge in [0.05, 0.1) is 10.6 Å². The van der Waals surface area contributed by atoms with Gasteiger partial charge in [-0.05, 0) is 47.7 Å². The first kappa shape index (κ1) is 14.3. The Balaban J connectivity index is 1.95. The van der Waals surface area contributed by atoms with Crippen molar-refractivity contribution in [2.75, 3.05) is 4.90 Å². The first-order valence-electron chi connectivity index (χ1n) is 6.38. The van der Waals surface area contributed by atoms with Gasteiger partial charge in [-0.25, -0.2) is 9.29 Å². The lowest BCUT2D eigenvalue weighted by Gasteiger charge is -2.12. The normalized spacial score (nSPS) is 16.6. The molecular weight excluding hydrogens is 305 g/mol. The van der Waals surface area contributed by atoms with Crippen LogP contribution in [-0.4, -0.2) is 16.3 Å². The van der Waals surface area contributed by atoms with E-state index in [-0.39, 0.29) is 16.3 Å². The van der Waals surface area contributed by atoms with Gasteiger partial charge in [-0.1, -0.05) is 24.3 Å². The van der Waals surface area contributed by atoms with Gasteiger partial charge in [0.15, 0.2) is 0 Å². The molecule has 22 heavy (non-hydrogen) atoms. The number of benzene rings is 2. The number of amides is 2. The molecule has 110 valence electrons. The lowest BCUT2D eigenvalue weighted by molar-refractivity contribution is -0.113. The zero-order chi connectivity index (χ0) is 15.7. The van der Waals surface area contributed by atoms with Crippen LogP contribution < -0.4 is 4.90 Å². The third kappa shape index (κ3) is 2.60. The molecule has 0 spiro atoms. The fraction of sp³-hybridized carbons (Fsp3) is 0. The third-order valence-corrected chi connectivity index (χ3v) is 3.95. The summed E-state index contributed by atoms with van der Waals surface area (Å²) in [6, 6.07) is 11.8. The number of phenols is 1. The summed E-state index contributed by atoms with van der Waals surface area (Å²) < 4.78 is 13.8. The molecule has 2 aromatic carbocycles. The number of phenolic OH excluding ortho intramolecular Hbond substituents is 1. The van der Waals surface area contributed by atoms with Crippen molar-refractivity contribution in [3.05, 3.63) is 64.8 Å². The molecule has 0 radical (unpaired) electrons. The average Bonchev–Trinajstić information content (AvgIpc) is 2.77. The Morgan fingerprint density at radius 3 is 2.41 bits per heavy atom. The number of para-hydroxylation sites is 1. The molecule has 0 aromatic heterocycles. The average molecular weight is 315 g/mol. The van der Waals surface area contributed by atoms with Crippen LogP contribution >= 0.6 is 11.8 Å². The summed E-state index contributed by atoms with van der Waals surface area (Å²) in [5.41, 5.74) is 0.607. The number of halogens is 1. The van der Waals surface area contributed by atoms with Gasteiger partial charge in [0.1, 0.15) is 11.6 Å². The summed E-state index contributed by atoms with van der Waals surface area (Å²) >= 11 is 0.754. The van der Waals surface area contributed by atoms with Crippen molar-refractivity contribution in [3.8, 4) is 5.75 Å². The van der Waals surface area contributed by atoms with Crippen LogP contribution in [-0.2, 0) is 4.79 Å². The number of thioether (sulfide) groups is 1. The van der Waals surface area contributed by atoms with Crippen molar-refractivity contribution in [2.24, 2.45) is 0 Å². The predicted octanol–water partition coefficient (Wildman–Crippen LogP) is 3.77. The molecule has 0 saturated carbocycles. The predicted molar refractivity (Wildman–Crippen MR) is 83.0 cm³/mol. The van der Waals surface area contributed by atoms with Crippen molar-refractivity contribution in [1.82, 2.24) is 0 Å². The van der Waals surface area contributed by atoms with Crippen molar-refractivity contribution < 1.29 is 19.1 Å². The zero-order valence-electron chi connectivity index (χ0n) is 11.2. The highest BCUT2D eigenvalue weighted by atomic mass is 32.2. The van der Waals surface area contributed by atoms with E-state index in [9.17, 15) is 19.1 Å². The topological polar surface area (TPSA) is 57.6 Å². The number of nitrogens with zero attached hydrogens (tertiary/aromatic N) is 1. The number of hydrogen-bond acceptors (Lipinski definition) is 4. The first-order valence-corrected chi connectivity index (χ1v) is 7.19. The van der Waals surface area contributed by atoms with E-state index in [0.29, 0.717) is 5.56 Å². The minimum atomic E-state index is -0.629. The Kier molecular flexibility index (Phi) is 3.68. The second-order valence-electron chi connectivity index (χ2n) is 4.56. The number of hydrogen-bond donors (Lipinski definition) is 1. The van der Waals surface area contributed by atoms with Crippen LogP contribution in [0.2, 0.25) is 0 Å². The van der Waals surface area contributed by atoms with Gasteiger partial charge in [0.25, 0.3) is 11.1 Å². The fourth-order valence-electron chi connectivity index (χ4n) is 2.03. The van der Waals surface area contributed by atoms with Crippen molar-refractivity contribution in [1.29, 1.82) is 0 Å². The second-order valence-corrected chi connectivity index (χ2v) is 5.55. The molecule has 2 aromatic rings. The summed E-state index contributed by atoms with van der Waals surface area (Å²) in [6.45, 7) is 0. The number of anilines is 1. The quantitative estimate of drug-likeness (QED) is 0.857. The molecule has 1 saturated heterocycles. The molecular formula is C16H10FNO3S. The number of imide groups is 1. The highest BCUT2D eigenvalue weighted by Crippen LogP contribution is 2.36. The van der Waals surface area contributed by atoms with Gasteiger partial charge in [0, 0.05) is 0 Å². The Morgan fingerprint density at radius 1 is 1.05 bits per heavy atom. The SMILES string of the molecule is O=C1S/C(=C\c2ccc(O)cc2)C(=O)N1c1ccccc1F. The molecule has 1 aliphatic rings. The second kappa shape index (κ2) is 5.65. The monoisotopic (exact) mass is 315 g/mol. The Morgan fingerprint density at radius 2 is 1.73 bits per heavy atom. The van der Waals surface area contributed by atoms with Crippen LogP contribution in [0.1, 0.15) is 5.56 Å². The summed E-state index contributed by atoms with van der Waals surface area (Å²) in [5, 5.41) is 8.69. The van der Waals surface area contributed by atoms with E-state index in [2.05, 4.69) is 0 Å². The minimum Gasteiger partial charge on any atom is -0.508 e. The molecule has 6 heteroatoms. The molecule has 1 heterocycles. The van der Waals surface area contributed by atoms with Crippen molar-refractivity contribution in [2.45, 2.75) is 0 Å². The molecule has 0 aliphatic carbocycles. The van der Waals surface area contributed by atoms with E-state index in [1.165, 1.54) is 36.4 Å². The molecule has 4 nitrogen and oxygen atoms in total. The van der Waals surface area contributed by atoms with Crippen molar-refractivity contribution in [3.63, 3.8) is 0 Å². The largest absolute Gasteiger partial charge is 0.508 e. The van der Waals surface area contributed by atoms with Crippen LogP contribution in [0.25, 0.3) is 6.08 Å². The van der Waals surface area contributed by atoms with Gasteiger partial charge < -0.3 is 5.11 Å². The number of aromatic hydroxyl groups is 1. The van der Waals surface area contributed by atoms with Gasteiger partial charge in [-0.3, -0.25) is 9.59 Å². The van der Waals surface area contributed by atoms with E-state index < -0.39 is 17.0 Å². The number of rotatable bonds is 2. The van der Waals surface area contributed by atoms with E-state index in [0.717, 1.165) is 16.7 Å². The summed E-state index contributed by atoms with van der Waals surface area (Å²) in [4.78, 5) is 25.4. The summed E-state index contributed by atoms with van der Waals surface area (Å²) in [6.07, 6.45) is 1.53. The van der Waals surface area contributed by atoms with Gasteiger partial charge >= 0.3 is 0 Å². The Hall–Kier alpha value is -2.60. The summed E-state index contributed by atoms with van der Waals surface area (Å²) in [5.74, 6) is -1.08. The molecule has 2 amide bonds. The van der Waals surface area contributed by atoms with E-state index in [1.54, 1.807) is 18.2 Å². The highest BCUT2D eigenvalue weighted by molar-refractivity contribution is 8.19. The maximum atomic E-state index is 13.8. The molecule has 3 rings (SSSR count). The summed E-state index contributed by atoms with van der Waals surface area (Å²) in [7, 11) is 0. The van der Waals surface area contributed by atoms with E-state index >= 15 is 0 Å². The number of carbonyl (C=O) groups excluding carboxylic acids is 2. The van der Waals surface area contributed by atoms with Crippen molar-refractivity contribution >= 4 is 34.7 Å². The molecule has 1 fully saturated rings. The van der Waals surface area contributed by atoms with Crippen LogP contribution in [0.15, 0.2) is 53.4 Å². The van der Waals surface area contributed by atoms with Gasteiger partial charge in [0.2, 0.25) is 0 Å². The molecule has 0 bridgehead atoms. The third-order valence-electron chi connectivity index (χ3n) is 3.08. The lowest BCUT2D eigenvalue weighted by atomic mass is 10.2. The van der Waals surface area contributed by atoms with E-state index in [4.69, 9.17) is 0 Å². The Bertz CT molecular complexity index is 786. The maximum Gasteiger partial charge on any atom is 0.298 e. The first-order chi connectivity index (χ1) is 10.6. The maximum absolute atomic E-state index is 13.8. The lowest BCUT2D eigenvalue weighted by Crippen LogP contribution is -2.28.